The van der Waals surface area contributed by atoms with Crippen molar-refractivity contribution in [2.24, 2.45) is 0 Å². The van der Waals surface area contributed by atoms with E-state index in [0.717, 1.165) is 0 Å². The molecule has 0 radical (unpaired) electrons. The van der Waals surface area contributed by atoms with Gasteiger partial charge in [-0.05, 0) is 48.0 Å². The lowest BCUT2D eigenvalue weighted by atomic mass is 10.1. The second kappa shape index (κ2) is 9.11. The summed E-state index contributed by atoms with van der Waals surface area (Å²) in [4.78, 5) is 12.3. The fraction of sp³-hybridized carbons (Fsp3) is 0.0909. The number of rotatable bonds is 7. The minimum absolute atomic E-state index is 0.000976. The minimum atomic E-state index is -3.95. The topological polar surface area (TPSA) is 105 Å². The molecule has 0 aliphatic carbocycles. The number of methoxy groups -OCH3 is 1. The number of nitriles is 1. The molecule has 0 aliphatic heterocycles. The van der Waals surface area contributed by atoms with E-state index in [9.17, 15) is 13.2 Å². The highest BCUT2D eigenvalue weighted by atomic mass is 32.2. The number of nitrogens with zero attached hydrogens (tertiary/aromatic N) is 1. The molecule has 0 spiro atoms. The van der Waals surface area contributed by atoms with Gasteiger partial charge in [0.05, 0.1) is 34.9 Å². The highest BCUT2D eigenvalue weighted by molar-refractivity contribution is 7.92. The van der Waals surface area contributed by atoms with Crippen LogP contribution in [0.25, 0.3) is 0 Å². The zero-order chi connectivity index (χ0) is 21.6. The van der Waals surface area contributed by atoms with Crippen LogP contribution in [0.2, 0.25) is 0 Å². The van der Waals surface area contributed by atoms with Crippen molar-refractivity contribution < 1.29 is 22.7 Å². The molecule has 0 bridgehead atoms. The lowest BCUT2D eigenvalue weighted by molar-refractivity contribution is 0.0472. The number of sulfonamides is 1. The van der Waals surface area contributed by atoms with Gasteiger partial charge in [-0.15, -0.1) is 0 Å². The van der Waals surface area contributed by atoms with Crippen LogP contribution >= 0.6 is 0 Å². The Bertz CT molecular complexity index is 1200. The van der Waals surface area contributed by atoms with E-state index in [1.165, 1.54) is 31.4 Å². The molecular formula is C22H18N2O5S. The molecule has 3 rings (SSSR count). The van der Waals surface area contributed by atoms with E-state index in [1.54, 1.807) is 48.5 Å². The molecule has 0 fully saturated rings. The van der Waals surface area contributed by atoms with E-state index in [4.69, 9.17) is 14.7 Å². The number of hydrogen-bond donors (Lipinski definition) is 1. The quantitative estimate of drug-likeness (QED) is 0.582. The first-order chi connectivity index (χ1) is 14.4. The van der Waals surface area contributed by atoms with Crippen molar-refractivity contribution in [2.45, 2.75) is 11.5 Å². The van der Waals surface area contributed by atoms with Gasteiger partial charge in [-0.25, -0.2) is 13.2 Å². The van der Waals surface area contributed by atoms with Crippen LogP contribution in [-0.4, -0.2) is 21.5 Å². The number of anilines is 1. The fourth-order valence-corrected chi connectivity index (χ4v) is 3.75. The average molecular weight is 422 g/mol. The van der Waals surface area contributed by atoms with Crippen LogP contribution in [0.15, 0.2) is 77.7 Å². The number of carbonyl (C=O) groups excluding carboxylic acids is 1. The number of para-hydroxylation sites is 2. The van der Waals surface area contributed by atoms with Gasteiger partial charge in [0.15, 0.2) is 0 Å². The Balaban J connectivity index is 1.74. The van der Waals surface area contributed by atoms with E-state index in [0.29, 0.717) is 16.9 Å². The number of carbonyl (C=O) groups is 1. The molecule has 1 N–H and O–H groups in total. The van der Waals surface area contributed by atoms with Crippen LogP contribution < -0.4 is 9.46 Å². The summed E-state index contributed by atoms with van der Waals surface area (Å²) in [6, 6.07) is 20.8. The standard InChI is InChI=1S/C22H18N2O5S/c1-28-21-8-3-2-7-20(21)24-30(26,27)19-6-4-5-18(13-19)22(25)29-15-17-11-9-16(14-23)10-12-17/h2-13,24H,15H2,1H3. The lowest BCUT2D eigenvalue weighted by Gasteiger charge is -2.12. The van der Waals surface area contributed by atoms with Crippen molar-refractivity contribution in [1.82, 2.24) is 0 Å². The molecule has 7 nitrogen and oxygen atoms in total. The van der Waals surface area contributed by atoms with Crippen LogP contribution in [-0.2, 0) is 21.4 Å². The fourth-order valence-electron chi connectivity index (χ4n) is 2.63. The zero-order valence-corrected chi connectivity index (χ0v) is 16.8. The van der Waals surface area contributed by atoms with Crippen LogP contribution in [0.4, 0.5) is 5.69 Å². The van der Waals surface area contributed by atoms with Gasteiger partial charge in [0.1, 0.15) is 12.4 Å². The highest BCUT2D eigenvalue weighted by Crippen LogP contribution is 2.26. The zero-order valence-electron chi connectivity index (χ0n) is 16.0. The highest BCUT2D eigenvalue weighted by Gasteiger charge is 2.18. The van der Waals surface area contributed by atoms with Gasteiger partial charge >= 0.3 is 5.97 Å². The maximum atomic E-state index is 12.7. The summed E-state index contributed by atoms with van der Waals surface area (Å²) in [6.45, 7) is 0.000976. The molecular weight excluding hydrogens is 404 g/mol. The maximum absolute atomic E-state index is 12.7. The second-order valence-electron chi connectivity index (χ2n) is 6.22. The molecule has 0 amide bonds. The predicted octanol–water partition coefficient (Wildman–Crippen LogP) is 3.72. The number of ether oxygens (including phenoxy) is 2. The number of hydrogen-bond acceptors (Lipinski definition) is 6. The molecule has 3 aromatic carbocycles. The van der Waals surface area contributed by atoms with Crippen molar-refractivity contribution in [2.75, 3.05) is 11.8 Å². The van der Waals surface area contributed by atoms with Gasteiger partial charge in [-0.2, -0.15) is 5.26 Å². The van der Waals surface area contributed by atoms with Crippen molar-refractivity contribution in [3.63, 3.8) is 0 Å². The smallest absolute Gasteiger partial charge is 0.338 e. The molecule has 0 aliphatic rings. The first kappa shape index (κ1) is 20.9. The van der Waals surface area contributed by atoms with Crippen LogP contribution in [0.3, 0.4) is 0 Å². The molecule has 0 saturated carbocycles. The SMILES string of the molecule is COc1ccccc1NS(=O)(=O)c1cccc(C(=O)OCc2ccc(C#N)cc2)c1. The maximum Gasteiger partial charge on any atom is 0.338 e. The minimum Gasteiger partial charge on any atom is -0.495 e. The Kier molecular flexibility index (Phi) is 6.35. The normalized spacial score (nSPS) is 10.7. The van der Waals surface area contributed by atoms with Gasteiger partial charge in [-0.3, -0.25) is 4.72 Å². The Labute approximate surface area is 174 Å². The Morgan fingerprint density at radius 1 is 1.03 bits per heavy atom. The Hall–Kier alpha value is -3.83. The van der Waals surface area contributed by atoms with Gasteiger partial charge in [0.25, 0.3) is 10.0 Å². The summed E-state index contributed by atoms with van der Waals surface area (Å²) < 4.78 is 38.3. The van der Waals surface area contributed by atoms with Crippen LogP contribution in [0.1, 0.15) is 21.5 Å². The average Bonchev–Trinajstić information content (AvgIpc) is 2.78. The third-order valence-electron chi connectivity index (χ3n) is 4.18. The summed E-state index contributed by atoms with van der Waals surface area (Å²) >= 11 is 0. The van der Waals surface area contributed by atoms with E-state index in [-0.39, 0.29) is 22.8 Å². The molecule has 0 aromatic heterocycles. The summed E-state index contributed by atoms with van der Waals surface area (Å²) in [5.74, 6) is -0.284. The molecule has 3 aromatic rings. The molecule has 0 heterocycles. The first-order valence-electron chi connectivity index (χ1n) is 8.85. The Morgan fingerprint density at radius 2 is 1.77 bits per heavy atom. The number of nitrogens with one attached hydrogen (secondary N) is 1. The molecule has 0 saturated heterocycles. The monoisotopic (exact) mass is 422 g/mol. The van der Waals surface area contributed by atoms with Gasteiger partial charge < -0.3 is 9.47 Å². The van der Waals surface area contributed by atoms with Gasteiger partial charge in [-0.1, -0.05) is 30.3 Å². The van der Waals surface area contributed by atoms with Crippen molar-refractivity contribution in [1.29, 1.82) is 5.26 Å². The van der Waals surface area contributed by atoms with Crippen LogP contribution in [0.5, 0.6) is 5.75 Å². The Morgan fingerprint density at radius 3 is 2.47 bits per heavy atom. The van der Waals surface area contributed by atoms with Crippen molar-refractivity contribution in [3.8, 4) is 11.8 Å². The van der Waals surface area contributed by atoms with Crippen molar-refractivity contribution >= 4 is 21.7 Å². The summed E-state index contributed by atoms with van der Waals surface area (Å²) in [5, 5.41) is 8.81. The molecule has 0 atom stereocenters. The molecule has 8 heteroatoms. The number of benzene rings is 3. The lowest BCUT2D eigenvalue weighted by Crippen LogP contribution is -2.14. The molecule has 30 heavy (non-hydrogen) atoms. The third-order valence-corrected chi connectivity index (χ3v) is 5.55. The van der Waals surface area contributed by atoms with E-state index >= 15 is 0 Å². The molecule has 0 unspecified atom stereocenters. The van der Waals surface area contributed by atoms with Gasteiger partial charge in [0, 0.05) is 0 Å². The number of esters is 1. The van der Waals surface area contributed by atoms with Crippen LogP contribution in [0, 0.1) is 11.3 Å². The van der Waals surface area contributed by atoms with E-state index in [2.05, 4.69) is 4.72 Å². The van der Waals surface area contributed by atoms with Crippen molar-refractivity contribution in [3.05, 3.63) is 89.5 Å². The van der Waals surface area contributed by atoms with Gasteiger partial charge in [0.2, 0.25) is 0 Å². The second-order valence-corrected chi connectivity index (χ2v) is 7.90. The summed E-state index contributed by atoms with van der Waals surface area (Å²) in [7, 11) is -2.50. The largest absolute Gasteiger partial charge is 0.495 e. The summed E-state index contributed by atoms with van der Waals surface area (Å²) in [6.07, 6.45) is 0. The predicted molar refractivity (Wildman–Crippen MR) is 111 cm³/mol. The van der Waals surface area contributed by atoms with E-state index < -0.39 is 16.0 Å². The third kappa shape index (κ3) is 4.96. The van der Waals surface area contributed by atoms with E-state index in [1.807, 2.05) is 6.07 Å². The molecule has 152 valence electrons. The first-order valence-corrected chi connectivity index (χ1v) is 10.3. The summed E-state index contributed by atoms with van der Waals surface area (Å²) in [5.41, 5.74) is 1.61.